The van der Waals surface area contributed by atoms with Gasteiger partial charge >= 0.3 is 11.9 Å². The zero-order chi connectivity index (χ0) is 27.7. The van der Waals surface area contributed by atoms with E-state index in [0.29, 0.717) is 11.5 Å². The Labute approximate surface area is 218 Å². The fraction of sp³-hybridized carbons (Fsp3) is 0.130. The van der Waals surface area contributed by atoms with Crippen LogP contribution in [0.5, 0.6) is 23.1 Å². The van der Waals surface area contributed by atoms with Crippen molar-refractivity contribution in [3.8, 4) is 29.2 Å². The van der Waals surface area contributed by atoms with Gasteiger partial charge in [-0.25, -0.2) is 14.0 Å². The number of nitrogen functional groups attached to an aromatic ring is 1. The summed E-state index contributed by atoms with van der Waals surface area (Å²) in [6, 6.07) is 11.8. The van der Waals surface area contributed by atoms with Crippen LogP contribution < -0.4 is 19.9 Å². The molecule has 0 spiro atoms. The van der Waals surface area contributed by atoms with E-state index in [1.807, 2.05) is 6.07 Å². The largest absolute Gasteiger partial charge is 0.479 e. The van der Waals surface area contributed by atoms with Gasteiger partial charge in [-0.2, -0.15) is 14.6 Å². The van der Waals surface area contributed by atoms with Crippen LogP contribution in [0.15, 0.2) is 42.5 Å². The molecule has 0 aliphatic rings. The fourth-order valence-corrected chi connectivity index (χ4v) is 2.73. The van der Waals surface area contributed by atoms with Crippen LogP contribution in [0, 0.1) is 23.1 Å². The van der Waals surface area contributed by atoms with Crippen molar-refractivity contribution in [1.82, 2.24) is 4.98 Å². The highest BCUT2D eigenvalue weighted by Gasteiger charge is 2.17. The van der Waals surface area contributed by atoms with Crippen LogP contribution in [0.4, 0.5) is 14.5 Å². The molecule has 14 heteroatoms. The highest BCUT2D eigenvalue weighted by atomic mass is 35.5. The second-order valence-electron chi connectivity index (χ2n) is 6.86. The number of hydrogen-bond acceptors (Lipinski definition) is 8. The summed E-state index contributed by atoms with van der Waals surface area (Å²) < 4.78 is 41.8. The van der Waals surface area contributed by atoms with Crippen molar-refractivity contribution in [3.05, 3.63) is 69.8 Å². The molecule has 1 atom stereocenters. The number of pyridine rings is 1. The van der Waals surface area contributed by atoms with E-state index in [1.54, 1.807) is 0 Å². The Bertz CT molecular complexity index is 1340. The second kappa shape index (κ2) is 13.1. The van der Waals surface area contributed by atoms with Crippen molar-refractivity contribution in [2.75, 3.05) is 12.3 Å². The number of ether oxygens (including phenoxy) is 3. The molecule has 0 aliphatic heterocycles. The van der Waals surface area contributed by atoms with Crippen molar-refractivity contribution < 1.29 is 42.8 Å². The third-order valence-corrected chi connectivity index (χ3v) is 4.87. The predicted molar refractivity (Wildman–Crippen MR) is 127 cm³/mol. The zero-order valence-electron chi connectivity index (χ0n) is 18.7. The van der Waals surface area contributed by atoms with Crippen LogP contribution >= 0.6 is 23.2 Å². The van der Waals surface area contributed by atoms with Crippen LogP contribution in [0.1, 0.15) is 12.5 Å². The third-order valence-electron chi connectivity index (χ3n) is 4.15. The van der Waals surface area contributed by atoms with Gasteiger partial charge in [0, 0.05) is 0 Å². The Morgan fingerprint density at radius 1 is 1.11 bits per heavy atom. The lowest BCUT2D eigenvalue weighted by Crippen LogP contribution is -2.22. The first-order valence-corrected chi connectivity index (χ1v) is 10.7. The summed E-state index contributed by atoms with van der Waals surface area (Å²) in [5, 5.41) is 25.1. The van der Waals surface area contributed by atoms with E-state index in [1.165, 1.54) is 43.3 Å². The molecule has 3 rings (SSSR count). The molecule has 0 saturated carbocycles. The molecule has 4 N–H and O–H groups in total. The summed E-state index contributed by atoms with van der Waals surface area (Å²) in [5.74, 6) is -3.72. The molecule has 0 bridgehead atoms. The van der Waals surface area contributed by atoms with E-state index < -0.39 is 47.3 Å². The van der Waals surface area contributed by atoms with Crippen molar-refractivity contribution in [2.24, 2.45) is 0 Å². The average Bonchev–Trinajstić information content (AvgIpc) is 2.86. The standard InChI is InChI=1S/C16H12FNO4.C7H5Cl2FN2O3/c1-10(16(19)20)21-12-3-5-13(6-4-12)22-15-7-2-11(9-18)8-14(15)17;8-3-5(11)4(9)7(12-6(3)10)15-1-2(13)14/h2-8,10H,1H3,(H,19,20);1H2,(H2,11,12)(H,13,14)/t10-;/m1./s1. The smallest absolute Gasteiger partial charge is 0.344 e. The maximum atomic E-state index is 13.7. The van der Waals surface area contributed by atoms with E-state index in [9.17, 15) is 18.4 Å². The molecule has 0 radical (unpaired) electrons. The number of rotatable bonds is 8. The van der Waals surface area contributed by atoms with Gasteiger partial charge in [-0.15, -0.1) is 0 Å². The molecule has 0 unspecified atom stereocenters. The van der Waals surface area contributed by atoms with E-state index >= 15 is 0 Å². The highest BCUT2D eigenvalue weighted by molar-refractivity contribution is 6.39. The fourth-order valence-electron chi connectivity index (χ4n) is 2.36. The summed E-state index contributed by atoms with van der Waals surface area (Å²) in [7, 11) is 0. The molecular formula is C23H17Cl2F2N3O7. The lowest BCUT2D eigenvalue weighted by atomic mass is 10.2. The number of aliphatic carboxylic acids is 2. The zero-order valence-corrected chi connectivity index (χ0v) is 20.3. The number of halogens is 4. The summed E-state index contributed by atoms with van der Waals surface area (Å²) in [4.78, 5) is 24.1. The number of nitrogens with zero attached hydrogens (tertiary/aromatic N) is 2. The third kappa shape index (κ3) is 8.38. The van der Waals surface area contributed by atoms with Gasteiger partial charge in [-0.3, -0.25) is 0 Å². The number of hydrogen-bond donors (Lipinski definition) is 3. The van der Waals surface area contributed by atoms with Gasteiger partial charge in [0.2, 0.25) is 11.8 Å². The lowest BCUT2D eigenvalue weighted by molar-refractivity contribution is -0.144. The molecular weight excluding hydrogens is 539 g/mol. The molecule has 0 saturated heterocycles. The van der Waals surface area contributed by atoms with Crippen LogP contribution in [-0.2, 0) is 9.59 Å². The molecule has 194 valence electrons. The maximum Gasteiger partial charge on any atom is 0.344 e. The van der Waals surface area contributed by atoms with Crippen LogP contribution in [0.2, 0.25) is 10.0 Å². The van der Waals surface area contributed by atoms with Gasteiger partial charge in [0.15, 0.2) is 24.3 Å². The van der Waals surface area contributed by atoms with E-state index in [0.717, 1.165) is 6.07 Å². The molecule has 0 amide bonds. The minimum atomic E-state index is -1.25. The van der Waals surface area contributed by atoms with Crippen LogP contribution in [0.25, 0.3) is 0 Å². The molecule has 0 fully saturated rings. The van der Waals surface area contributed by atoms with Crippen molar-refractivity contribution in [1.29, 1.82) is 5.26 Å². The number of anilines is 1. The van der Waals surface area contributed by atoms with Crippen molar-refractivity contribution >= 4 is 40.8 Å². The number of nitrogens with two attached hydrogens (primary N) is 1. The number of nitriles is 1. The van der Waals surface area contributed by atoms with Crippen molar-refractivity contribution in [3.63, 3.8) is 0 Å². The summed E-state index contributed by atoms with van der Waals surface area (Å²) in [5.41, 5.74) is 5.28. The Balaban J connectivity index is 0.000000281. The molecule has 37 heavy (non-hydrogen) atoms. The molecule has 1 aromatic heterocycles. The molecule has 1 heterocycles. The van der Waals surface area contributed by atoms with Gasteiger partial charge in [0.25, 0.3) is 0 Å². The van der Waals surface area contributed by atoms with Crippen LogP contribution in [0.3, 0.4) is 0 Å². The predicted octanol–water partition coefficient (Wildman–Crippen LogP) is 4.91. The van der Waals surface area contributed by atoms with E-state index in [4.69, 9.17) is 53.9 Å². The SMILES string of the molecule is C[C@@H](Oc1ccc(Oc2ccc(C#N)cc2F)cc1)C(=O)O.Nc1c(Cl)c(F)nc(OCC(=O)O)c1Cl. The van der Waals surface area contributed by atoms with E-state index in [2.05, 4.69) is 9.72 Å². The second-order valence-corrected chi connectivity index (χ2v) is 7.62. The Morgan fingerprint density at radius 2 is 1.73 bits per heavy atom. The minimum absolute atomic E-state index is 0.00780. The molecule has 0 aliphatic carbocycles. The first-order valence-electron chi connectivity index (χ1n) is 9.94. The topological polar surface area (TPSA) is 165 Å². The van der Waals surface area contributed by atoms with Crippen LogP contribution in [-0.4, -0.2) is 39.8 Å². The summed E-state index contributed by atoms with van der Waals surface area (Å²) in [6.07, 6.45) is -0.970. The Kier molecular flexibility index (Phi) is 10.2. The highest BCUT2D eigenvalue weighted by Crippen LogP contribution is 2.35. The normalized spacial score (nSPS) is 10.8. The number of carboxylic acid groups (broad SMARTS) is 2. The minimum Gasteiger partial charge on any atom is -0.479 e. The quantitative estimate of drug-likeness (QED) is 0.325. The van der Waals surface area contributed by atoms with Gasteiger partial charge in [-0.1, -0.05) is 23.2 Å². The molecule has 3 aromatic rings. The van der Waals surface area contributed by atoms with Crippen molar-refractivity contribution in [2.45, 2.75) is 13.0 Å². The van der Waals surface area contributed by atoms with Gasteiger partial charge in [0.1, 0.15) is 21.5 Å². The van der Waals surface area contributed by atoms with Gasteiger partial charge in [0.05, 0.1) is 17.3 Å². The Morgan fingerprint density at radius 3 is 2.27 bits per heavy atom. The number of carboxylic acids is 2. The number of carbonyl (C=O) groups is 2. The maximum absolute atomic E-state index is 13.7. The number of aromatic nitrogens is 1. The number of benzene rings is 2. The monoisotopic (exact) mass is 555 g/mol. The van der Waals surface area contributed by atoms with Gasteiger partial charge < -0.3 is 30.2 Å². The average molecular weight is 556 g/mol. The Hall–Kier alpha value is -4.34. The first kappa shape index (κ1) is 28.9. The summed E-state index contributed by atoms with van der Waals surface area (Å²) in [6.45, 7) is 0.714. The molecule has 10 nitrogen and oxygen atoms in total. The summed E-state index contributed by atoms with van der Waals surface area (Å²) >= 11 is 11.0. The first-order chi connectivity index (χ1) is 17.4. The van der Waals surface area contributed by atoms with E-state index in [-0.39, 0.29) is 22.0 Å². The molecule has 2 aromatic carbocycles. The lowest BCUT2D eigenvalue weighted by Gasteiger charge is -2.11. The van der Waals surface area contributed by atoms with Gasteiger partial charge in [-0.05, 0) is 49.4 Å².